The van der Waals surface area contributed by atoms with Crippen LogP contribution >= 0.6 is 0 Å². The van der Waals surface area contributed by atoms with Crippen LogP contribution in [0.5, 0.6) is 0 Å². The van der Waals surface area contributed by atoms with E-state index < -0.39 is 17.3 Å². The van der Waals surface area contributed by atoms with E-state index in [2.05, 4.69) is 0 Å². The summed E-state index contributed by atoms with van der Waals surface area (Å²) in [4.78, 5) is 0. The first-order valence-electron chi connectivity index (χ1n) is 6.30. The Morgan fingerprint density at radius 1 is 0.611 bits per heavy atom. The van der Waals surface area contributed by atoms with Gasteiger partial charge in [-0.05, 0) is 30.6 Å². The van der Waals surface area contributed by atoms with Crippen molar-refractivity contribution in [2.75, 3.05) is 39.6 Å². The van der Waals surface area contributed by atoms with Crippen molar-refractivity contribution in [3.05, 3.63) is 0 Å². The monoisotopic (exact) mass is 266 g/mol. The smallest absolute Gasteiger partial charge is 0.0484 e. The van der Waals surface area contributed by atoms with E-state index >= 15 is 0 Å². The van der Waals surface area contributed by atoms with Crippen molar-refractivity contribution in [3.8, 4) is 0 Å². The Morgan fingerprint density at radius 3 is 1.22 bits per heavy atom. The number of aliphatic hydroxyl groups is 6. The summed E-state index contributed by atoms with van der Waals surface area (Å²) in [6, 6.07) is 0. The Bertz CT molecular complexity index is 178. The van der Waals surface area contributed by atoms with E-state index in [1.54, 1.807) is 0 Å². The van der Waals surface area contributed by atoms with Crippen LogP contribution in [0.1, 0.15) is 19.3 Å². The quantitative estimate of drug-likeness (QED) is 0.266. The van der Waals surface area contributed by atoms with Crippen LogP contribution in [0.4, 0.5) is 0 Å². The molecule has 0 aromatic heterocycles. The molecular formula is C12H26O6. The van der Waals surface area contributed by atoms with Crippen molar-refractivity contribution in [3.63, 3.8) is 0 Å². The van der Waals surface area contributed by atoms with Crippen molar-refractivity contribution in [2.24, 2.45) is 17.3 Å². The zero-order valence-corrected chi connectivity index (χ0v) is 10.7. The van der Waals surface area contributed by atoms with Crippen LogP contribution in [0.2, 0.25) is 0 Å². The van der Waals surface area contributed by atoms with E-state index in [0.717, 1.165) is 0 Å². The Balaban J connectivity index is 5.16. The Hall–Kier alpha value is -0.240. The second kappa shape index (κ2) is 9.66. The molecule has 6 heteroatoms. The van der Waals surface area contributed by atoms with Gasteiger partial charge in [-0.15, -0.1) is 0 Å². The van der Waals surface area contributed by atoms with Crippen molar-refractivity contribution >= 4 is 0 Å². The number of aliphatic hydroxyl groups excluding tert-OH is 6. The Labute approximate surface area is 108 Å². The van der Waals surface area contributed by atoms with Gasteiger partial charge in [0.2, 0.25) is 0 Å². The molecule has 0 spiro atoms. The molecule has 0 saturated heterocycles. The average Bonchev–Trinajstić information content (AvgIpc) is 2.36. The van der Waals surface area contributed by atoms with Gasteiger partial charge in [-0.1, -0.05) is 0 Å². The molecule has 0 aliphatic carbocycles. The third kappa shape index (κ3) is 4.46. The first-order chi connectivity index (χ1) is 8.65. The molecular weight excluding hydrogens is 240 g/mol. The van der Waals surface area contributed by atoms with E-state index in [1.807, 2.05) is 0 Å². The first-order valence-corrected chi connectivity index (χ1v) is 6.30. The zero-order chi connectivity index (χ0) is 14.0. The molecule has 0 bridgehead atoms. The van der Waals surface area contributed by atoms with Gasteiger partial charge in [-0.2, -0.15) is 0 Å². The Kier molecular flexibility index (Phi) is 9.53. The third-order valence-corrected chi connectivity index (χ3v) is 3.85. The fourth-order valence-corrected chi connectivity index (χ4v) is 2.75. The van der Waals surface area contributed by atoms with Gasteiger partial charge in [0.25, 0.3) is 0 Å². The molecule has 0 fully saturated rings. The fraction of sp³-hybridized carbons (Fsp3) is 1.00. The minimum Gasteiger partial charge on any atom is -0.396 e. The lowest BCUT2D eigenvalue weighted by Gasteiger charge is -2.42. The summed E-state index contributed by atoms with van der Waals surface area (Å²) in [6.45, 7) is -1.26. The maximum Gasteiger partial charge on any atom is 0.0484 e. The third-order valence-electron chi connectivity index (χ3n) is 3.85. The molecule has 0 heterocycles. The summed E-state index contributed by atoms with van der Waals surface area (Å²) in [5.74, 6) is -1.00. The van der Waals surface area contributed by atoms with Gasteiger partial charge < -0.3 is 30.6 Å². The van der Waals surface area contributed by atoms with Crippen LogP contribution in [0, 0.1) is 17.3 Å². The normalized spacial score (nSPS) is 14.2. The minimum absolute atomic E-state index is 0.139. The predicted molar refractivity (Wildman–Crippen MR) is 65.8 cm³/mol. The van der Waals surface area contributed by atoms with Crippen LogP contribution in [-0.2, 0) is 0 Å². The molecule has 6 N–H and O–H groups in total. The largest absolute Gasteiger partial charge is 0.396 e. The van der Waals surface area contributed by atoms with E-state index in [-0.39, 0.29) is 39.6 Å². The van der Waals surface area contributed by atoms with Gasteiger partial charge >= 0.3 is 0 Å². The lowest BCUT2D eigenvalue weighted by Crippen LogP contribution is -2.42. The summed E-state index contributed by atoms with van der Waals surface area (Å²) in [7, 11) is 0. The maximum atomic E-state index is 9.51. The average molecular weight is 266 g/mol. The molecule has 0 aliphatic heterocycles. The van der Waals surface area contributed by atoms with Crippen LogP contribution in [0.3, 0.4) is 0 Å². The van der Waals surface area contributed by atoms with Gasteiger partial charge in [0.05, 0.1) is 0 Å². The number of hydrogen-bond acceptors (Lipinski definition) is 6. The fourth-order valence-electron chi connectivity index (χ4n) is 2.75. The first kappa shape index (κ1) is 17.8. The van der Waals surface area contributed by atoms with Crippen molar-refractivity contribution in [1.29, 1.82) is 0 Å². The van der Waals surface area contributed by atoms with E-state index in [1.165, 1.54) is 0 Å². The molecule has 0 radical (unpaired) electrons. The summed E-state index contributed by atoms with van der Waals surface area (Å²) in [5.41, 5.74) is -0.677. The molecule has 0 aliphatic rings. The summed E-state index contributed by atoms with van der Waals surface area (Å²) in [5, 5.41) is 55.5. The molecule has 0 amide bonds. The maximum absolute atomic E-state index is 9.51. The van der Waals surface area contributed by atoms with Crippen LogP contribution in [-0.4, -0.2) is 70.3 Å². The number of hydrogen-bond donors (Lipinski definition) is 6. The van der Waals surface area contributed by atoms with E-state index in [4.69, 9.17) is 15.3 Å². The molecule has 110 valence electrons. The second-order valence-electron chi connectivity index (χ2n) is 4.70. The number of rotatable bonds is 11. The molecule has 0 rings (SSSR count). The molecule has 18 heavy (non-hydrogen) atoms. The highest BCUT2D eigenvalue weighted by atomic mass is 16.3. The van der Waals surface area contributed by atoms with Gasteiger partial charge in [0, 0.05) is 45.6 Å². The molecule has 1 unspecified atom stereocenters. The molecule has 0 saturated carbocycles. The standard InChI is InChI=1S/C12H26O6/c13-4-1-12(2-5-14,3-6-15)11(9-18)10(7-16)8-17/h10-11,13-18H,1-9H2. The summed E-state index contributed by atoms with van der Waals surface area (Å²) in [6.07, 6.45) is 0.904. The highest BCUT2D eigenvalue weighted by Crippen LogP contribution is 2.42. The van der Waals surface area contributed by atoms with Gasteiger partial charge in [-0.25, -0.2) is 0 Å². The second-order valence-corrected chi connectivity index (χ2v) is 4.70. The highest BCUT2D eigenvalue weighted by molar-refractivity contribution is 4.89. The van der Waals surface area contributed by atoms with Crippen molar-refractivity contribution in [1.82, 2.24) is 0 Å². The van der Waals surface area contributed by atoms with E-state index in [0.29, 0.717) is 19.3 Å². The molecule has 1 atom stereocenters. The van der Waals surface area contributed by atoms with Crippen LogP contribution < -0.4 is 0 Å². The SMILES string of the molecule is OCCC(CCO)(CCO)C(CO)C(CO)CO. The minimum atomic E-state index is -0.677. The van der Waals surface area contributed by atoms with Crippen molar-refractivity contribution < 1.29 is 30.6 Å². The zero-order valence-electron chi connectivity index (χ0n) is 10.7. The predicted octanol–water partition coefficient (Wildman–Crippen LogP) is -1.67. The molecule has 0 aromatic carbocycles. The van der Waals surface area contributed by atoms with Gasteiger partial charge in [0.15, 0.2) is 0 Å². The van der Waals surface area contributed by atoms with Crippen LogP contribution in [0.25, 0.3) is 0 Å². The van der Waals surface area contributed by atoms with Crippen LogP contribution in [0.15, 0.2) is 0 Å². The van der Waals surface area contributed by atoms with Gasteiger partial charge in [0.1, 0.15) is 0 Å². The highest BCUT2D eigenvalue weighted by Gasteiger charge is 2.41. The Morgan fingerprint density at radius 2 is 1.00 bits per heavy atom. The van der Waals surface area contributed by atoms with Crippen molar-refractivity contribution in [2.45, 2.75) is 19.3 Å². The van der Waals surface area contributed by atoms with Gasteiger partial charge in [-0.3, -0.25) is 0 Å². The molecule has 6 nitrogen and oxygen atoms in total. The lowest BCUT2D eigenvalue weighted by molar-refractivity contribution is -0.0427. The summed E-state index contributed by atoms with van der Waals surface area (Å²) < 4.78 is 0. The lowest BCUT2D eigenvalue weighted by atomic mass is 9.64. The van der Waals surface area contributed by atoms with E-state index in [9.17, 15) is 15.3 Å². The molecule has 0 aromatic rings. The summed E-state index contributed by atoms with van der Waals surface area (Å²) >= 11 is 0. The topological polar surface area (TPSA) is 121 Å².